The van der Waals surface area contributed by atoms with Crippen molar-refractivity contribution in [3.63, 3.8) is 0 Å². The Kier molecular flexibility index (Phi) is 5.44. The summed E-state index contributed by atoms with van der Waals surface area (Å²) in [6, 6.07) is 11.9. The molecular weight excluding hydrogens is 446 g/mol. The number of aliphatic hydroxyl groups excluding tert-OH is 1. The van der Waals surface area contributed by atoms with Crippen LogP contribution in [0.3, 0.4) is 0 Å². The minimum Gasteiger partial charge on any atom is -0.395 e. The first-order chi connectivity index (χ1) is 17.2. The van der Waals surface area contributed by atoms with E-state index < -0.39 is 0 Å². The molecule has 1 saturated heterocycles. The third-order valence-electron chi connectivity index (χ3n) is 6.31. The molecule has 178 valence electrons. The summed E-state index contributed by atoms with van der Waals surface area (Å²) in [6.45, 7) is 3.36. The van der Waals surface area contributed by atoms with Gasteiger partial charge in [-0.25, -0.2) is 14.8 Å². The Labute approximate surface area is 200 Å². The van der Waals surface area contributed by atoms with Crippen LogP contribution in [0.4, 0.5) is 17.2 Å². The highest BCUT2D eigenvalue weighted by Gasteiger charge is 2.13. The standard InChI is InChI=1S/C25H25N7O3/c33-10-7-32-22-3-1-17(13-20(22)29-25(32)34)18-14-21(24-26-5-6-31(24)16-18)28-23-4-2-19(15-27-23)30-8-11-35-12-9-30/h1-6,13-16,33H,7-12H2,(H,27,28)(H,29,34). The number of aromatic amines is 1. The molecule has 5 heterocycles. The lowest BCUT2D eigenvalue weighted by Crippen LogP contribution is -2.36. The fourth-order valence-corrected chi connectivity index (χ4v) is 4.55. The van der Waals surface area contributed by atoms with Gasteiger partial charge in [0.2, 0.25) is 0 Å². The van der Waals surface area contributed by atoms with Crippen LogP contribution in [0.2, 0.25) is 0 Å². The lowest BCUT2D eigenvalue weighted by molar-refractivity contribution is 0.122. The van der Waals surface area contributed by atoms with Crippen LogP contribution in [0, 0.1) is 0 Å². The number of imidazole rings is 2. The van der Waals surface area contributed by atoms with Crippen molar-refractivity contribution in [1.82, 2.24) is 23.9 Å². The molecule has 0 atom stereocenters. The molecule has 1 aromatic carbocycles. The van der Waals surface area contributed by atoms with E-state index in [2.05, 4.69) is 31.2 Å². The zero-order chi connectivity index (χ0) is 23.8. The second-order valence-corrected chi connectivity index (χ2v) is 8.46. The van der Waals surface area contributed by atoms with Crippen LogP contribution in [0.5, 0.6) is 0 Å². The Morgan fingerprint density at radius 3 is 2.77 bits per heavy atom. The Hall–Kier alpha value is -4.15. The molecule has 0 radical (unpaired) electrons. The normalized spacial score (nSPS) is 14.1. The summed E-state index contributed by atoms with van der Waals surface area (Å²) in [5, 5.41) is 12.7. The van der Waals surface area contributed by atoms with Crippen molar-refractivity contribution in [1.29, 1.82) is 0 Å². The van der Waals surface area contributed by atoms with Gasteiger partial charge in [-0.3, -0.25) is 4.57 Å². The van der Waals surface area contributed by atoms with Gasteiger partial charge in [-0.15, -0.1) is 0 Å². The topological polar surface area (TPSA) is 113 Å². The number of benzene rings is 1. The molecule has 1 aliphatic rings. The number of hydrogen-bond acceptors (Lipinski definition) is 7. The Morgan fingerprint density at radius 2 is 1.97 bits per heavy atom. The molecule has 1 fully saturated rings. The van der Waals surface area contributed by atoms with Gasteiger partial charge in [-0.2, -0.15) is 0 Å². The molecule has 0 saturated carbocycles. The molecule has 1 aliphatic heterocycles. The third kappa shape index (κ3) is 4.02. The van der Waals surface area contributed by atoms with Crippen molar-refractivity contribution < 1.29 is 9.84 Å². The van der Waals surface area contributed by atoms with Gasteiger partial charge in [0.15, 0.2) is 5.65 Å². The number of ether oxygens (including phenoxy) is 1. The van der Waals surface area contributed by atoms with E-state index in [4.69, 9.17) is 4.74 Å². The average molecular weight is 472 g/mol. The third-order valence-corrected chi connectivity index (χ3v) is 6.31. The van der Waals surface area contributed by atoms with Crippen molar-refractivity contribution in [3.8, 4) is 11.1 Å². The van der Waals surface area contributed by atoms with E-state index in [9.17, 15) is 9.90 Å². The number of pyridine rings is 2. The molecule has 4 aromatic heterocycles. The number of nitrogens with zero attached hydrogens (tertiary/aromatic N) is 5. The van der Waals surface area contributed by atoms with Crippen LogP contribution in [-0.2, 0) is 11.3 Å². The molecule has 0 amide bonds. The van der Waals surface area contributed by atoms with Crippen LogP contribution in [0.25, 0.3) is 27.8 Å². The number of anilines is 3. The minimum atomic E-state index is -0.231. The van der Waals surface area contributed by atoms with Crippen molar-refractivity contribution in [2.24, 2.45) is 0 Å². The SMILES string of the molecule is O=c1[nH]c2cc(-c3cc(Nc4ccc(N5CCOCC5)cn4)c4nccn4c3)ccc2n1CCO. The van der Waals surface area contributed by atoms with Gasteiger partial charge in [-0.1, -0.05) is 6.07 Å². The van der Waals surface area contributed by atoms with E-state index in [1.54, 1.807) is 6.20 Å². The largest absolute Gasteiger partial charge is 0.395 e. The summed E-state index contributed by atoms with van der Waals surface area (Å²) in [4.78, 5) is 26.5. The fourth-order valence-electron chi connectivity index (χ4n) is 4.55. The van der Waals surface area contributed by atoms with Crippen LogP contribution in [0.15, 0.2) is 66.0 Å². The van der Waals surface area contributed by atoms with E-state index >= 15 is 0 Å². The van der Waals surface area contributed by atoms with Gasteiger partial charge in [0.05, 0.1) is 55.0 Å². The first-order valence-corrected chi connectivity index (χ1v) is 11.6. The summed E-state index contributed by atoms with van der Waals surface area (Å²) in [5.41, 5.74) is 5.85. The number of H-pyrrole nitrogens is 1. The van der Waals surface area contributed by atoms with Gasteiger partial charge >= 0.3 is 5.69 Å². The first-order valence-electron chi connectivity index (χ1n) is 11.6. The lowest BCUT2D eigenvalue weighted by atomic mass is 10.1. The maximum atomic E-state index is 12.3. The summed E-state index contributed by atoms with van der Waals surface area (Å²) < 4.78 is 8.94. The zero-order valence-corrected chi connectivity index (χ0v) is 19.0. The molecule has 10 heteroatoms. The number of rotatable bonds is 6. The van der Waals surface area contributed by atoms with Crippen LogP contribution >= 0.6 is 0 Å². The van der Waals surface area contributed by atoms with Crippen molar-refractivity contribution in [2.75, 3.05) is 43.1 Å². The maximum absolute atomic E-state index is 12.3. The molecule has 35 heavy (non-hydrogen) atoms. The van der Waals surface area contributed by atoms with Gasteiger partial charge in [-0.05, 0) is 35.9 Å². The predicted molar refractivity (Wildman–Crippen MR) is 134 cm³/mol. The van der Waals surface area contributed by atoms with Crippen molar-refractivity contribution >= 4 is 33.9 Å². The molecule has 0 spiro atoms. The van der Waals surface area contributed by atoms with Crippen LogP contribution in [0.1, 0.15) is 0 Å². The van der Waals surface area contributed by atoms with E-state index in [0.717, 1.165) is 71.3 Å². The summed E-state index contributed by atoms with van der Waals surface area (Å²) in [5.74, 6) is 0.727. The second kappa shape index (κ2) is 8.90. The fraction of sp³-hybridized carbons (Fsp3) is 0.240. The summed E-state index contributed by atoms with van der Waals surface area (Å²) >= 11 is 0. The molecule has 0 unspecified atom stereocenters. The number of fused-ring (bicyclic) bond motifs is 2. The lowest BCUT2D eigenvalue weighted by Gasteiger charge is -2.28. The highest BCUT2D eigenvalue weighted by atomic mass is 16.5. The Morgan fingerprint density at radius 1 is 1.09 bits per heavy atom. The zero-order valence-electron chi connectivity index (χ0n) is 19.0. The van der Waals surface area contributed by atoms with Crippen LogP contribution < -0.4 is 15.9 Å². The van der Waals surface area contributed by atoms with Crippen LogP contribution in [-0.4, -0.2) is 61.9 Å². The summed E-state index contributed by atoms with van der Waals surface area (Å²) in [7, 11) is 0. The van der Waals surface area contributed by atoms with Gasteiger partial charge in [0.1, 0.15) is 5.82 Å². The minimum absolute atomic E-state index is 0.0948. The highest BCUT2D eigenvalue weighted by Crippen LogP contribution is 2.29. The molecule has 3 N–H and O–H groups in total. The average Bonchev–Trinajstić information content (AvgIpc) is 3.49. The van der Waals surface area contributed by atoms with E-state index in [1.165, 1.54) is 4.57 Å². The number of aliphatic hydroxyl groups is 1. The molecule has 0 bridgehead atoms. The van der Waals surface area contributed by atoms with Crippen molar-refractivity contribution in [2.45, 2.75) is 6.54 Å². The van der Waals surface area contributed by atoms with E-state index in [1.807, 2.05) is 53.3 Å². The van der Waals surface area contributed by atoms with Gasteiger partial charge in [0.25, 0.3) is 0 Å². The van der Waals surface area contributed by atoms with Gasteiger partial charge < -0.3 is 29.4 Å². The number of hydrogen-bond donors (Lipinski definition) is 3. The predicted octanol–water partition coefficient (Wildman–Crippen LogP) is 2.61. The molecular formula is C25H25N7O3. The number of aromatic nitrogens is 5. The smallest absolute Gasteiger partial charge is 0.326 e. The molecule has 0 aliphatic carbocycles. The quantitative estimate of drug-likeness (QED) is 0.349. The maximum Gasteiger partial charge on any atom is 0.326 e. The van der Waals surface area contributed by atoms with Crippen molar-refractivity contribution in [3.05, 3.63) is 71.7 Å². The highest BCUT2D eigenvalue weighted by molar-refractivity contribution is 5.85. The number of morpholine rings is 1. The van der Waals surface area contributed by atoms with Gasteiger partial charge in [0, 0.05) is 37.2 Å². The molecule has 6 rings (SSSR count). The van der Waals surface area contributed by atoms with E-state index in [-0.39, 0.29) is 18.8 Å². The summed E-state index contributed by atoms with van der Waals surface area (Å²) in [6.07, 6.45) is 7.54. The van der Waals surface area contributed by atoms with E-state index in [0.29, 0.717) is 0 Å². The molecule has 10 nitrogen and oxygen atoms in total. The second-order valence-electron chi connectivity index (χ2n) is 8.46. The Bertz CT molecular complexity index is 1550. The molecule has 5 aromatic rings. The number of nitrogens with one attached hydrogen (secondary N) is 2. The Balaban J connectivity index is 1.33. The monoisotopic (exact) mass is 471 g/mol. The first kappa shape index (κ1) is 21.4.